The molecule has 0 aromatic heterocycles. The molecule has 0 unspecified atom stereocenters. The van der Waals surface area contributed by atoms with E-state index in [1.807, 2.05) is 0 Å². The first-order chi connectivity index (χ1) is 9.24. The Morgan fingerprint density at radius 2 is 1.79 bits per heavy atom. The van der Waals surface area contributed by atoms with Crippen molar-refractivity contribution in [1.82, 2.24) is 10.2 Å². The Hall–Kier alpha value is -0.860. The van der Waals surface area contributed by atoms with E-state index in [4.69, 9.17) is 0 Å². The van der Waals surface area contributed by atoms with Crippen molar-refractivity contribution in [2.24, 2.45) is 0 Å². The van der Waals surface area contributed by atoms with Gasteiger partial charge in [0.05, 0.1) is 0 Å². The van der Waals surface area contributed by atoms with Crippen molar-refractivity contribution in [2.75, 3.05) is 20.1 Å². The Kier molecular flexibility index (Phi) is 5.87. The summed E-state index contributed by atoms with van der Waals surface area (Å²) in [7, 11) is 2.21. The molecule has 0 heterocycles. The van der Waals surface area contributed by atoms with E-state index in [0.717, 1.165) is 25.7 Å². The van der Waals surface area contributed by atoms with Crippen LogP contribution in [-0.4, -0.2) is 31.1 Å². The number of benzene rings is 1. The van der Waals surface area contributed by atoms with Crippen LogP contribution in [0.4, 0.5) is 0 Å². The second-order valence-corrected chi connectivity index (χ2v) is 6.01. The number of aryl methyl sites for hydroxylation is 1. The minimum atomic E-state index is 0.779. The zero-order valence-electron chi connectivity index (χ0n) is 12.5. The molecule has 0 aliphatic heterocycles. The van der Waals surface area contributed by atoms with Gasteiger partial charge in [-0.05, 0) is 32.4 Å². The first kappa shape index (κ1) is 14.5. The van der Waals surface area contributed by atoms with Crippen LogP contribution in [0.5, 0.6) is 0 Å². The Morgan fingerprint density at radius 3 is 2.47 bits per heavy atom. The van der Waals surface area contributed by atoms with Gasteiger partial charge >= 0.3 is 0 Å². The molecule has 19 heavy (non-hydrogen) atoms. The minimum absolute atomic E-state index is 0.779. The van der Waals surface area contributed by atoms with Gasteiger partial charge in [-0.15, -0.1) is 0 Å². The maximum Gasteiger partial charge on any atom is 0.0231 e. The zero-order valence-corrected chi connectivity index (χ0v) is 12.5. The summed E-state index contributed by atoms with van der Waals surface area (Å²) in [6, 6.07) is 9.65. The number of nitrogens with one attached hydrogen (secondary N) is 1. The molecule has 1 aliphatic rings. The van der Waals surface area contributed by atoms with Gasteiger partial charge in [0.25, 0.3) is 0 Å². The Morgan fingerprint density at radius 1 is 1.11 bits per heavy atom. The summed E-state index contributed by atoms with van der Waals surface area (Å²) in [5.74, 6) is 0. The Bertz CT molecular complexity index is 352. The monoisotopic (exact) mass is 260 g/mol. The molecular weight excluding hydrogens is 232 g/mol. The van der Waals surface area contributed by atoms with E-state index < -0.39 is 0 Å². The first-order valence-corrected chi connectivity index (χ1v) is 7.71. The summed E-state index contributed by atoms with van der Waals surface area (Å²) in [5, 5.41) is 3.71. The summed E-state index contributed by atoms with van der Waals surface area (Å²) in [5.41, 5.74) is 2.75. The van der Waals surface area contributed by atoms with Gasteiger partial charge in [0, 0.05) is 25.7 Å². The fourth-order valence-corrected chi connectivity index (χ4v) is 2.85. The summed E-state index contributed by atoms with van der Waals surface area (Å²) in [6.45, 7) is 5.44. The lowest BCUT2D eigenvalue weighted by molar-refractivity contribution is 0.300. The van der Waals surface area contributed by atoms with Crippen LogP contribution in [0.2, 0.25) is 0 Å². The third-order valence-corrected chi connectivity index (χ3v) is 4.10. The summed E-state index contributed by atoms with van der Waals surface area (Å²) >= 11 is 0. The molecule has 2 rings (SSSR count). The van der Waals surface area contributed by atoms with Crippen LogP contribution in [0, 0.1) is 6.92 Å². The van der Waals surface area contributed by atoms with Crippen molar-refractivity contribution in [3.05, 3.63) is 35.4 Å². The van der Waals surface area contributed by atoms with Crippen LogP contribution in [0.1, 0.15) is 43.2 Å². The number of likely N-dealkylation sites (N-methyl/N-ethyl adjacent to an activating group) is 1. The van der Waals surface area contributed by atoms with Crippen LogP contribution in [0.3, 0.4) is 0 Å². The van der Waals surface area contributed by atoms with Gasteiger partial charge < -0.3 is 10.2 Å². The first-order valence-electron chi connectivity index (χ1n) is 7.71. The third kappa shape index (κ3) is 5.33. The van der Waals surface area contributed by atoms with E-state index in [2.05, 4.69) is 48.5 Å². The fraction of sp³-hybridized carbons (Fsp3) is 0.647. The summed E-state index contributed by atoms with van der Waals surface area (Å²) in [6.07, 6.45) is 7.02. The molecule has 0 bridgehead atoms. The van der Waals surface area contributed by atoms with Gasteiger partial charge in [-0.1, -0.05) is 49.1 Å². The lowest BCUT2D eigenvalue weighted by Crippen LogP contribution is -2.36. The quantitative estimate of drug-likeness (QED) is 0.844. The van der Waals surface area contributed by atoms with E-state index in [1.165, 1.54) is 43.2 Å². The molecule has 1 aliphatic carbocycles. The molecule has 0 atom stereocenters. The normalized spacial score (nSPS) is 17.0. The van der Waals surface area contributed by atoms with Crippen molar-refractivity contribution in [1.29, 1.82) is 0 Å². The highest BCUT2D eigenvalue weighted by Gasteiger charge is 2.12. The van der Waals surface area contributed by atoms with Gasteiger partial charge in [0.15, 0.2) is 0 Å². The van der Waals surface area contributed by atoms with E-state index in [1.54, 1.807) is 0 Å². The smallest absolute Gasteiger partial charge is 0.0231 e. The molecule has 1 aromatic carbocycles. The van der Waals surface area contributed by atoms with Gasteiger partial charge in [0.2, 0.25) is 0 Å². The average Bonchev–Trinajstić information content (AvgIpc) is 2.43. The van der Waals surface area contributed by atoms with Crippen LogP contribution in [0.15, 0.2) is 24.3 Å². The van der Waals surface area contributed by atoms with Gasteiger partial charge in [-0.25, -0.2) is 0 Å². The largest absolute Gasteiger partial charge is 0.313 e. The van der Waals surface area contributed by atoms with Crippen molar-refractivity contribution in [2.45, 2.75) is 51.6 Å². The zero-order chi connectivity index (χ0) is 13.5. The molecule has 0 radical (unpaired) electrons. The second kappa shape index (κ2) is 7.66. The molecule has 0 amide bonds. The van der Waals surface area contributed by atoms with E-state index >= 15 is 0 Å². The summed E-state index contributed by atoms with van der Waals surface area (Å²) < 4.78 is 0. The molecule has 106 valence electrons. The lowest BCUT2D eigenvalue weighted by Gasteiger charge is -2.24. The minimum Gasteiger partial charge on any atom is -0.313 e. The number of nitrogens with zero attached hydrogens (tertiary/aromatic N) is 1. The molecule has 1 N–H and O–H groups in total. The highest BCUT2D eigenvalue weighted by Crippen LogP contribution is 2.17. The third-order valence-electron chi connectivity index (χ3n) is 4.10. The van der Waals surface area contributed by atoms with Crippen molar-refractivity contribution in [3.8, 4) is 0 Å². The van der Waals surface area contributed by atoms with Gasteiger partial charge in [-0.2, -0.15) is 0 Å². The highest BCUT2D eigenvalue weighted by molar-refractivity contribution is 5.21. The molecule has 0 spiro atoms. The van der Waals surface area contributed by atoms with Crippen LogP contribution in [0.25, 0.3) is 0 Å². The Balaban J connectivity index is 1.63. The van der Waals surface area contributed by atoms with Gasteiger partial charge in [-0.3, -0.25) is 0 Å². The van der Waals surface area contributed by atoms with Crippen molar-refractivity contribution < 1.29 is 0 Å². The molecule has 2 heteroatoms. The van der Waals surface area contributed by atoms with Crippen LogP contribution >= 0.6 is 0 Å². The fourth-order valence-electron chi connectivity index (χ4n) is 2.85. The maximum absolute atomic E-state index is 3.71. The van der Waals surface area contributed by atoms with E-state index in [9.17, 15) is 0 Å². The van der Waals surface area contributed by atoms with Crippen LogP contribution in [-0.2, 0) is 6.54 Å². The van der Waals surface area contributed by atoms with Crippen LogP contribution < -0.4 is 5.32 Å². The highest BCUT2D eigenvalue weighted by atomic mass is 15.1. The molecule has 1 aromatic rings. The Labute approximate surface area is 118 Å². The van der Waals surface area contributed by atoms with E-state index in [0.29, 0.717) is 0 Å². The predicted molar refractivity (Wildman–Crippen MR) is 82.4 cm³/mol. The lowest BCUT2D eigenvalue weighted by atomic mass is 9.95. The number of rotatable bonds is 6. The number of hydrogen-bond donors (Lipinski definition) is 1. The standard InChI is InChI=1S/C17H28N2/c1-15-8-10-16(11-9-15)14-19(2)13-12-18-17-6-4-3-5-7-17/h8-11,17-18H,3-7,12-14H2,1-2H3. The number of hydrogen-bond acceptors (Lipinski definition) is 2. The van der Waals surface area contributed by atoms with Gasteiger partial charge in [0.1, 0.15) is 0 Å². The molecule has 1 fully saturated rings. The van der Waals surface area contributed by atoms with Crippen molar-refractivity contribution >= 4 is 0 Å². The molecule has 0 saturated heterocycles. The predicted octanol–water partition coefficient (Wildman–Crippen LogP) is 3.35. The average molecular weight is 260 g/mol. The summed E-state index contributed by atoms with van der Waals surface area (Å²) in [4.78, 5) is 2.40. The van der Waals surface area contributed by atoms with Crippen molar-refractivity contribution in [3.63, 3.8) is 0 Å². The second-order valence-electron chi connectivity index (χ2n) is 6.01. The maximum atomic E-state index is 3.71. The molecular formula is C17H28N2. The molecule has 2 nitrogen and oxygen atoms in total. The topological polar surface area (TPSA) is 15.3 Å². The van der Waals surface area contributed by atoms with E-state index in [-0.39, 0.29) is 0 Å². The SMILES string of the molecule is Cc1ccc(CN(C)CCNC2CCCCC2)cc1. The molecule has 1 saturated carbocycles.